The fourth-order valence-corrected chi connectivity index (χ4v) is 4.21. The number of rotatable bonds is 8. The maximum Gasteiger partial charge on any atom is 0.330 e. The molecule has 0 aromatic carbocycles. The second kappa shape index (κ2) is 9.66. The van der Waals surface area contributed by atoms with Crippen LogP contribution in [0.2, 0.25) is 0 Å². The number of aromatic nitrogens is 2. The van der Waals surface area contributed by atoms with Gasteiger partial charge in [-0.15, -0.1) is 0 Å². The van der Waals surface area contributed by atoms with E-state index in [9.17, 15) is 24.1 Å². The number of carbonyl (C=O) groups excluding carboxylic acids is 1. The molecule has 0 radical (unpaired) electrons. The van der Waals surface area contributed by atoms with E-state index in [4.69, 9.17) is 25.6 Å². The third-order valence-corrected chi connectivity index (χ3v) is 6.21. The molecule has 1 aromatic heterocycles. The van der Waals surface area contributed by atoms with Crippen LogP contribution >= 0.6 is 35.7 Å². The minimum absolute atomic E-state index is 0.184. The van der Waals surface area contributed by atoms with Gasteiger partial charge in [0.15, 0.2) is 10.0 Å². The van der Waals surface area contributed by atoms with E-state index < -0.39 is 53.7 Å². The number of esters is 1. The predicted molar refractivity (Wildman–Crippen MR) is 103 cm³/mol. The number of alkyl halides is 2. The molecule has 28 heavy (non-hydrogen) atoms. The SMILES string of the molecule is CCOC(=O)[C@H](C)N[PH](=O)OC[C@H]1O[C@@H](n2ccc(=O)[nH]c2=O)[C@](Cl)(Br)[C@@H]1O. The lowest BCUT2D eigenvalue weighted by atomic mass is 10.2. The number of hydrogen-bond donors (Lipinski definition) is 3. The summed E-state index contributed by atoms with van der Waals surface area (Å²) in [6, 6.07) is 0.247. The van der Waals surface area contributed by atoms with Gasteiger partial charge in [-0.05, 0) is 13.8 Å². The molecule has 0 amide bonds. The van der Waals surface area contributed by atoms with Crippen molar-refractivity contribution in [2.75, 3.05) is 13.2 Å². The Morgan fingerprint density at radius 3 is 2.89 bits per heavy atom. The molecule has 0 bridgehead atoms. The van der Waals surface area contributed by atoms with Gasteiger partial charge in [0.25, 0.3) is 13.7 Å². The normalized spacial score (nSPS) is 29.4. The maximum absolute atomic E-state index is 12.0. The smallest absolute Gasteiger partial charge is 0.330 e. The number of nitrogens with zero attached hydrogens (tertiary/aromatic N) is 1. The molecular weight excluding hydrogens is 484 g/mol. The van der Waals surface area contributed by atoms with Gasteiger partial charge in [0.05, 0.1) is 13.2 Å². The monoisotopic (exact) mass is 503 g/mol. The summed E-state index contributed by atoms with van der Waals surface area (Å²) >= 11 is 9.41. The number of H-pyrrole nitrogens is 1. The van der Waals surface area contributed by atoms with Gasteiger partial charge in [-0.3, -0.25) is 23.7 Å². The molecule has 1 saturated heterocycles. The van der Waals surface area contributed by atoms with E-state index in [2.05, 4.69) is 26.0 Å². The Balaban J connectivity index is 2.02. The van der Waals surface area contributed by atoms with Crippen LogP contribution in [-0.2, 0) is 23.4 Å². The molecule has 0 saturated carbocycles. The van der Waals surface area contributed by atoms with Crippen LogP contribution in [-0.4, -0.2) is 55.9 Å². The van der Waals surface area contributed by atoms with Crippen molar-refractivity contribution in [3.05, 3.63) is 33.1 Å². The van der Waals surface area contributed by atoms with Crippen molar-refractivity contribution >= 4 is 41.7 Å². The number of aromatic amines is 1. The Hall–Kier alpha value is -1.01. The van der Waals surface area contributed by atoms with Crippen LogP contribution in [0.15, 0.2) is 21.9 Å². The van der Waals surface area contributed by atoms with Crippen molar-refractivity contribution in [2.24, 2.45) is 0 Å². The molecule has 1 unspecified atom stereocenters. The van der Waals surface area contributed by atoms with Crippen LogP contribution in [0, 0.1) is 0 Å². The van der Waals surface area contributed by atoms with Crippen molar-refractivity contribution in [2.45, 2.75) is 42.1 Å². The van der Waals surface area contributed by atoms with Crippen LogP contribution in [0.1, 0.15) is 20.1 Å². The summed E-state index contributed by atoms with van der Waals surface area (Å²) in [7, 11) is -2.86. The molecular formula is C14H20BrClN3O8P. The van der Waals surface area contributed by atoms with Crippen molar-refractivity contribution in [3.8, 4) is 0 Å². The Bertz CT molecular complexity index is 846. The zero-order valence-electron chi connectivity index (χ0n) is 14.9. The first-order chi connectivity index (χ1) is 13.1. The molecule has 6 atom stereocenters. The zero-order chi connectivity index (χ0) is 21.1. The Morgan fingerprint density at radius 2 is 2.29 bits per heavy atom. The summed E-state index contributed by atoms with van der Waals surface area (Å²) < 4.78 is 26.9. The highest BCUT2D eigenvalue weighted by Crippen LogP contribution is 2.47. The first kappa shape index (κ1) is 23.3. The summed E-state index contributed by atoms with van der Waals surface area (Å²) in [5, 5.41) is 12.8. The van der Waals surface area contributed by atoms with Gasteiger partial charge in [-0.2, -0.15) is 0 Å². The summed E-state index contributed by atoms with van der Waals surface area (Å²) in [5.41, 5.74) is -1.39. The third kappa shape index (κ3) is 5.32. The highest BCUT2D eigenvalue weighted by molar-refractivity contribution is 9.10. The van der Waals surface area contributed by atoms with Gasteiger partial charge >= 0.3 is 11.7 Å². The average Bonchev–Trinajstić information content (AvgIpc) is 2.83. The fraction of sp³-hybridized carbons (Fsp3) is 0.643. The molecule has 2 heterocycles. The summed E-state index contributed by atoms with van der Waals surface area (Å²) in [5.74, 6) is -0.584. The van der Waals surface area contributed by atoms with Crippen molar-refractivity contribution in [1.82, 2.24) is 14.6 Å². The molecule has 158 valence electrons. The lowest BCUT2D eigenvalue weighted by Gasteiger charge is -2.24. The van der Waals surface area contributed by atoms with Crippen molar-refractivity contribution < 1.29 is 28.5 Å². The first-order valence-corrected chi connectivity index (χ1v) is 10.7. The molecule has 11 nitrogen and oxygen atoms in total. The number of hydrogen-bond acceptors (Lipinski definition) is 8. The molecule has 2 rings (SSSR count). The van der Waals surface area contributed by atoms with Crippen LogP contribution in [0.25, 0.3) is 0 Å². The summed E-state index contributed by atoms with van der Waals surface area (Å²) in [6.07, 6.45) is -2.41. The second-order valence-corrected chi connectivity index (χ2v) is 9.43. The average molecular weight is 505 g/mol. The number of ether oxygens (including phenoxy) is 2. The van der Waals surface area contributed by atoms with E-state index in [1.807, 2.05) is 0 Å². The topological polar surface area (TPSA) is 149 Å². The van der Waals surface area contributed by atoms with Gasteiger partial charge in [0, 0.05) is 12.3 Å². The van der Waals surface area contributed by atoms with E-state index in [0.29, 0.717) is 0 Å². The zero-order valence-corrected chi connectivity index (χ0v) is 18.2. The summed E-state index contributed by atoms with van der Waals surface area (Å²) in [4.78, 5) is 36.8. The minimum Gasteiger partial charge on any atom is -0.465 e. The fourth-order valence-electron chi connectivity index (χ4n) is 2.42. The van der Waals surface area contributed by atoms with Gasteiger partial charge in [-0.1, -0.05) is 27.5 Å². The van der Waals surface area contributed by atoms with Crippen molar-refractivity contribution in [1.29, 1.82) is 0 Å². The third-order valence-electron chi connectivity index (χ3n) is 3.84. The standard InChI is InChI=1S/C14H20BrClN3O8P/c1-3-25-11(22)7(2)18-28(24)26-6-8-10(21)14(15,16)12(27-8)19-5-4-9(20)17-13(19)23/h4-5,7-8,10,12,21,28H,3,6H2,1-2H3,(H,18,24)(H,17,20,23)/t7-,8+,10+,12+,14-/m0/s1. The van der Waals surface area contributed by atoms with E-state index in [0.717, 1.165) is 10.6 Å². The number of carbonyl (C=O) groups is 1. The molecule has 1 fully saturated rings. The Kier molecular flexibility index (Phi) is 8.03. The second-order valence-electron chi connectivity index (χ2n) is 5.88. The van der Waals surface area contributed by atoms with Gasteiger partial charge in [-0.25, -0.2) is 9.88 Å². The lowest BCUT2D eigenvalue weighted by Crippen LogP contribution is -2.40. The van der Waals surface area contributed by atoms with Crippen LogP contribution in [0.4, 0.5) is 0 Å². The van der Waals surface area contributed by atoms with Gasteiger partial charge in [0.2, 0.25) is 0 Å². The maximum atomic E-state index is 12.0. The highest BCUT2D eigenvalue weighted by Gasteiger charge is 2.55. The van der Waals surface area contributed by atoms with Gasteiger partial charge in [0.1, 0.15) is 18.2 Å². The predicted octanol–water partition coefficient (Wildman–Crippen LogP) is 0.0724. The minimum atomic E-state index is -2.86. The Morgan fingerprint density at radius 1 is 1.61 bits per heavy atom. The molecule has 0 aliphatic carbocycles. The van der Waals surface area contributed by atoms with Gasteiger partial charge < -0.3 is 19.1 Å². The molecule has 1 aliphatic rings. The van der Waals surface area contributed by atoms with Crippen LogP contribution < -0.4 is 16.3 Å². The molecule has 1 aromatic rings. The quantitative estimate of drug-likeness (QED) is 0.254. The molecule has 3 N–H and O–H groups in total. The Labute approximate surface area is 173 Å². The number of nitrogens with one attached hydrogen (secondary N) is 2. The number of halogens is 2. The van der Waals surface area contributed by atoms with E-state index in [1.54, 1.807) is 6.92 Å². The molecule has 14 heteroatoms. The van der Waals surface area contributed by atoms with Crippen LogP contribution in [0.5, 0.6) is 0 Å². The van der Waals surface area contributed by atoms with E-state index in [-0.39, 0.29) is 13.2 Å². The van der Waals surface area contributed by atoms with Crippen molar-refractivity contribution in [3.63, 3.8) is 0 Å². The highest BCUT2D eigenvalue weighted by atomic mass is 79.9. The first-order valence-electron chi connectivity index (χ1n) is 8.20. The number of aliphatic hydroxyl groups is 1. The molecule has 1 aliphatic heterocycles. The molecule has 0 spiro atoms. The van der Waals surface area contributed by atoms with Crippen LogP contribution in [0.3, 0.4) is 0 Å². The lowest BCUT2D eigenvalue weighted by molar-refractivity contribution is -0.144. The van der Waals surface area contributed by atoms with E-state index in [1.165, 1.54) is 13.1 Å². The number of aliphatic hydroxyl groups excluding tert-OH is 1. The van der Waals surface area contributed by atoms with E-state index >= 15 is 0 Å². The largest absolute Gasteiger partial charge is 0.465 e. The summed E-state index contributed by atoms with van der Waals surface area (Å²) in [6.45, 7) is 2.96.